The van der Waals surface area contributed by atoms with Gasteiger partial charge in [0.05, 0.1) is 21.3 Å². The molecule has 1 aliphatic heterocycles. The lowest BCUT2D eigenvalue weighted by atomic mass is 10.1. The number of rotatable bonds is 7. The van der Waals surface area contributed by atoms with Crippen molar-refractivity contribution < 1.29 is 19.0 Å². The number of carbonyl (C=O) groups excluding carboxylic acids is 1. The Morgan fingerprint density at radius 3 is 2.17 bits per heavy atom. The van der Waals surface area contributed by atoms with Gasteiger partial charge in [-0.15, -0.1) is 0 Å². The maximum atomic E-state index is 12.2. The maximum Gasteiger partial charge on any atom is 0.225 e. The van der Waals surface area contributed by atoms with Gasteiger partial charge in [-0.3, -0.25) is 4.79 Å². The number of hydrogen-bond donors (Lipinski definition) is 1. The molecule has 0 bridgehead atoms. The SMILES string of the molecule is COc1cc(NC(=O)CCN2CCCCC2)cc(OC)c1OC. The van der Waals surface area contributed by atoms with Crippen molar-refractivity contribution in [3.8, 4) is 17.2 Å². The number of carbonyl (C=O) groups is 1. The molecule has 1 aliphatic rings. The molecule has 2 rings (SSSR count). The van der Waals surface area contributed by atoms with Gasteiger partial charge in [-0.05, 0) is 25.9 Å². The second kappa shape index (κ2) is 8.62. The number of benzene rings is 1. The highest BCUT2D eigenvalue weighted by atomic mass is 16.5. The molecule has 0 aromatic heterocycles. The molecule has 1 fully saturated rings. The van der Waals surface area contributed by atoms with Gasteiger partial charge >= 0.3 is 0 Å². The Labute approximate surface area is 137 Å². The lowest BCUT2D eigenvalue weighted by molar-refractivity contribution is -0.116. The number of ether oxygens (including phenoxy) is 3. The zero-order valence-corrected chi connectivity index (χ0v) is 14.2. The Bertz CT molecular complexity index is 502. The number of hydrogen-bond acceptors (Lipinski definition) is 5. The molecule has 0 saturated carbocycles. The fourth-order valence-electron chi connectivity index (χ4n) is 2.82. The summed E-state index contributed by atoms with van der Waals surface area (Å²) in [6.07, 6.45) is 4.24. The first-order valence-electron chi connectivity index (χ1n) is 8.00. The van der Waals surface area contributed by atoms with E-state index in [-0.39, 0.29) is 5.91 Å². The standard InChI is InChI=1S/C17H26N2O4/c1-21-14-11-13(12-15(22-2)17(14)23-3)18-16(20)7-10-19-8-5-4-6-9-19/h11-12H,4-10H2,1-3H3,(H,18,20). The van der Waals surface area contributed by atoms with Crippen LogP contribution in [0.2, 0.25) is 0 Å². The van der Waals surface area contributed by atoms with Gasteiger partial charge in [0.1, 0.15) is 0 Å². The highest BCUT2D eigenvalue weighted by Crippen LogP contribution is 2.39. The van der Waals surface area contributed by atoms with Gasteiger partial charge < -0.3 is 24.4 Å². The van der Waals surface area contributed by atoms with Gasteiger partial charge in [0.25, 0.3) is 0 Å². The van der Waals surface area contributed by atoms with Crippen LogP contribution in [0, 0.1) is 0 Å². The molecule has 0 spiro atoms. The van der Waals surface area contributed by atoms with Crippen molar-refractivity contribution in [1.82, 2.24) is 4.90 Å². The van der Waals surface area contributed by atoms with E-state index in [0.717, 1.165) is 19.6 Å². The number of nitrogens with one attached hydrogen (secondary N) is 1. The highest BCUT2D eigenvalue weighted by Gasteiger charge is 2.15. The molecule has 0 unspecified atom stereocenters. The summed E-state index contributed by atoms with van der Waals surface area (Å²) in [5.41, 5.74) is 0.642. The van der Waals surface area contributed by atoms with Gasteiger partial charge in [-0.1, -0.05) is 6.42 Å². The third kappa shape index (κ3) is 4.76. The molecule has 128 valence electrons. The number of amides is 1. The number of piperidine rings is 1. The van der Waals surface area contributed by atoms with E-state index in [4.69, 9.17) is 14.2 Å². The van der Waals surface area contributed by atoms with Crippen molar-refractivity contribution in [2.75, 3.05) is 46.3 Å². The monoisotopic (exact) mass is 322 g/mol. The molecule has 0 radical (unpaired) electrons. The van der Waals surface area contributed by atoms with E-state index in [1.807, 2.05) is 0 Å². The van der Waals surface area contributed by atoms with Gasteiger partial charge in [-0.2, -0.15) is 0 Å². The lowest BCUT2D eigenvalue weighted by Crippen LogP contribution is -2.32. The molecule has 0 aliphatic carbocycles. The van der Waals surface area contributed by atoms with Gasteiger partial charge in [0.15, 0.2) is 11.5 Å². The van der Waals surface area contributed by atoms with E-state index in [9.17, 15) is 4.79 Å². The van der Waals surface area contributed by atoms with Crippen molar-refractivity contribution in [3.63, 3.8) is 0 Å². The molecule has 1 amide bonds. The molecule has 0 atom stereocenters. The molecule has 1 saturated heterocycles. The average Bonchev–Trinajstić information content (AvgIpc) is 2.59. The van der Waals surface area contributed by atoms with E-state index in [0.29, 0.717) is 29.4 Å². The molecule has 23 heavy (non-hydrogen) atoms. The van der Waals surface area contributed by atoms with Crippen molar-refractivity contribution in [2.45, 2.75) is 25.7 Å². The third-order valence-corrected chi connectivity index (χ3v) is 4.05. The van der Waals surface area contributed by atoms with Crippen LogP contribution in [0.4, 0.5) is 5.69 Å². The quantitative estimate of drug-likeness (QED) is 0.836. The minimum absolute atomic E-state index is 0.00940. The molecule has 1 heterocycles. The van der Waals surface area contributed by atoms with Crippen molar-refractivity contribution in [1.29, 1.82) is 0 Å². The van der Waals surface area contributed by atoms with Crippen LogP contribution in [-0.4, -0.2) is 51.8 Å². The minimum Gasteiger partial charge on any atom is -0.493 e. The Hall–Kier alpha value is -1.95. The molecule has 6 heteroatoms. The molecule has 6 nitrogen and oxygen atoms in total. The summed E-state index contributed by atoms with van der Waals surface area (Å²) < 4.78 is 15.9. The molecule has 1 aromatic carbocycles. The van der Waals surface area contributed by atoms with E-state index in [2.05, 4.69) is 10.2 Å². The third-order valence-electron chi connectivity index (χ3n) is 4.05. The van der Waals surface area contributed by atoms with Crippen molar-refractivity contribution >= 4 is 11.6 Å². The van der Waals surface area contributed by atoms with E-state index in [1.165, 1.54) is 19.3 Å². The van der Waals surface area contributed by atoms with E-state index >= 15 is 0 Å². The smallest absolute Gasteiger partial charge is 0.225 e. The molecule has 1 N–H and O–H groups in total. The van der Waals surface area contributed by atoms with Gasteiger partial charge in [0.2, 0.25) is 11.7 Å². The van der Waals surface area contributed by atoms with Crippen LogP contribution in [0.3, 0.4) is 0 Å². The Balaban J connectivity index is 1.96. The maximum absolute atomic E-state index is 12.2. The van der Waals surface area contributed by atoms with E-state index in [1.54, 1.807) is 33.5 Å². The summed E-state index contributed by atoms with van der Waals surface area (Å²) in [4.78, 5) is 14.5. The topological polar surface area (TPSA) is 60.0 Å². The van der Waals surface area contributed by atoms with Crippen LogP contribution in [0.1, 0.15) is 25.7 Å². The average molecular weight is 322 g/mol. The second-order valence-corrected chi connectivity index (χ2v) is 5.61. The molecular formula is C17H26N2O4. The molecule has 1 aromatic rings. The largest absolute Gasteiger partial charge is 0.493 e. The predicted molar refractivity (Wildman–Crippen MR) is 89.6 cm³/mol. The summed E-state index contributed by atoms with van der Waals surface area (Å²) >= 11 is 0. The lowest BCUT2D eigenvalue weighted by Gasteiger charge is -2.26. The minimum atomic E-state index is -0.00940. The zero-order valence-electron chi connectivity index (χ0n) is 14.2. The summed E-state index contributed by atoms with van der Waals surface area (Å²) in [5, 5.41) is 2.90. The van der Waals surface area contributed by atoms with Crippen LogP contribution < -0.4 is 19.5 Å². The fourth-order valence-corrected chi connectivity index (χ4v) is 2.82. The van der Waals surface area contributed by atoms with Crippen molar-refractivity contribution in [3.05, 3.63) is 12.1 Å². The second-order valence-electron chi connectivity index (χ2n) is 5.61. The first kappa shape index (κ1) is 17.4. The fraction of sp³-hybridized carbons (Fsp3) is 0.588. The Kier molecular flexibility index (Phi) is 6.52. The van der Waals surface area contributed by atoms with Gasteiger partial charge in [0, 0.05) is 30.8 Å². The first-order valence-corrected chi connectivity index (χ1v) is 8.00. The normalized spacial score (nSPS) is 15.1. The van der Waals surface area contributed by atoms with Crippen LogP contribution in [-0.2, 0) is 4.79 Å². The van der Waals surface area contributed by atoms with E-state index < -0.39 is 0 Å². The number of nitrogens with zero attached hydrogens (tertiary/aromatic N) is 1. The summed E-state index contributed by atoms with van der Waals surface area (Å²) in [6.45, 7) is 2.99. The van der Waals surface area contributed by atoms with Crippen LogP contribution in [0.15, 0.2) is 12.1 Å². The number of anilines is 1. The van der Waals surface area contributed by atoms with Gasteiger partial charge in [-0.25, -0.2) is 0 Å². The zero-order chi connectivity index (χ0) is 16.7. The highest BCUT2D eigenvalue weighted by molar-refractivity contribution is 5.91. The van der Waals surface area contributed by atoms with Crippen molar-refractivity contribution in [2.24, 2.45) is 0 Å². The Morgan fingerprint density at radius 2 is 1.65 bits per heavy atom. The molecular weight excluding hydrogens is 296 g/mol. The van der Waals surface area contributed by atoms with Crippen LogP contribution >= 0.6 is 0 Å². The summed E-state index contributed by atoms with van der Waals surface area (Å²) in [6, 6.07) is 3.47. The van der Waals surface area contributed by atoms with Crippen LogP contribution in [0.25, 0.3) is 0 Å². The summed E-state index contributed by atoms with van der Waals surface area (Å²) in [7, 11) is 4.66. The Morgan fingerprint density at radius 1 is 1.04 bits per heavy atom. The number of methoxy groups -OCH3 is 3. The van der Waals surface area contributed by atoms with Crippen LogP contribution in [0.5, 0.6) is 17.2 Å². The predicted octanol–water partition coefficient (Wildman–Crippen LogP) is 2.53. The first-order chi connectivity index (χ1) is 11.2. The number of likely N-dealkylation sites (tertiary alicyclic amines) is 1. The summed E-state index contributed by atoms with van der Waals surface area (Å²) in [5.74, 6) is 1.56.